The monoisotopic (exact) mass is 373 g/mol. The minimum Gasteiger partial charge on any atom is -0.394 e. The van der Waals surface area contributed by atoms with Crippen LogP contribution in [-0.4, -0.2) is 85.6 Å². The number of aliphatic hydroxyl groups is 3. The Labute approximate surface area is 145 Å². The zero-order chi connectivity index (χ0) is 18.4. The van der Waals surface area contributed by atoms with E-state index in [1.165, 1.54) is 17.2 Å². The number of nitrogens with zero attached hydrogens (tertiary/aromatic N) is 5. The van der Waals surface area contributed by atoms with E-state index >= 15 is 0 Å². The molecule has 26 heavy (non-hydrogen) atoms. The molecule has 0 spiro atoms. The number of halogens is 2. The minimum absolute atomic E-state index is 0.247. The number of aliphatic hydroxyl groups excluding tert-OH is 3. The summed E-state index contributed by atoms with van der Waals surface area (Å²) in [5.74, 6) is 0.453. The van der Waals surface area contributed by atoms with Crippen molar-refractivity contribution in [3.05, 3.63) is 12.7 Å². The van der Waals surface area contributed by atoms with Gasteiger partial charge in [-0.05, 0) is 0 Å². The van der Waals surface area contributed by atoms with Crippen LogP contribution < -0.4 is 4.90 Å². The SMILES string of the molecule is OC[C@H]1O[C@@H](n2cnc3c(N4CC(OC(F)F)C4)ncnc32)[C@H](O)[C@@H]1O. The molecule has 2 aromatic heterocycles. The van der Waals surface area contributed by atoms with Crippen LogP contribution in [0.4, 0.5) is 14.6 Å². The minimum atomic E-state index is -2.82. The van der Waals surface area contributed by atoms with E-state index in [-0.39, 0.29) is 13.1 Å². The third-order valence-corrected chi connectivity index (χ3v) is 4.57. The summed E-state index contributed by atoms with van der Waals surface area (Å²) in [4.78, 5) is 14.3. The van der Waals surface area contributed by atoms with Gasteiger partial charge in [0.2, 0.25) is 0 Å². The van der Waals surface area contributed by atoms with Crippen LogP contribution in [0.2, 0.25) is 0 Å². The van der Waals surface area contributed by atoms with Crippen molar-refractivity contribution in [3.63, 3.8) is 0 Å². The number of alkyl halides is 2. The second-order valence-corrected chi connectivity index (χ2v) is 6.17. The van der Waals surface area contributed by atoms with Crippen molar-refractivity contribution < 1.29 is 33.6 Å². The number of hydrogen-bond donors (Lipinski definition) is 3. The van der Waals surface area contributed by atoms with Crippen LogP contribution in [0.1, 0.15) is 6.23 Å². The van der Waals surface area contributed by atoms with Gasteiger partial charge in [0.05, 0.1) is 19.0 Å². The third kappa shape index (κ3) is 2.79. The Balaban J connectivity index is 1.59. The highest BCUT2D eigenvalue weighted by Crippen LogP contribution is 2.33. The number of rotatable bonds is 5. The van der Waals surface area contributed by atoms with Gasteiger partial charge in [0.1, 0.15) is 24.6 Å². The van der Waals surface area contributed by atoms with E-state index < -0.39 is 43.9 Å². The molecule has 4 rings (SSSR count). The first kappa shape index (κ1) is 17.4. The van der Waals surface area contributed by atoms with E-state index in [9.17, 15) is 24.1 Å². The van der Waals surface area contributed by atoms with Gasteiger partial charge in [-0.15, -0.1) is 0 Å². The Bertz CT molecular complexity index is 786. The first-order valence-corrected chi connectivity index (χ1v) is 7.98. The lowest BCUT2D eigenvalue weighted by atomic mass is 10.1. The Morgan fingerprint density at radius 2 is 2.00 bits per heavy atom. The average Bonchev–Trinajstić information content (AvgIpc) is 3.12. The summed E-state index contributed by atoms with van der Waals surface area (Å²) in [7, 11) is 0. The summed E-state index contributed by atoms with van der Waals surface area (Å²) in [6.07, 6.45) is -2.31. The van der Waals surface area contributed by atoms with Gasteiger partial charge in [-0.2, -0.15) is 8.78 Å². The molecule has 0 bridgehead atoms. The largest absolute Gasteiger partial charge is 0.394 e. The predicted molar refractivity (Wildman–Crippen MR) is 81.4 cm³/mol. The molecule has 0 saturated carbocycles. The molecule has 10 nitrogen and oxygen atoms in total. The van der Waals surface area contributed by atoms with Gasteiger partial charge >= 0.3 is 6.61 Å². The van der Waals surface area contributed by atoms with Crippen LogP contribution in [0.3, 0.4) is 0 Å². The fraction of sp³-hybridized carbons (Fsp3) is 0.643. The second-order valence-electron chi connectivity index (χ2n) is 6.17. The molecule has 0 radical (unpaired) electrons. The first-order chi connectivity index (χ1) is 12.5. The summed E-state index contributed by atoms with van der Waals surface area (Å²) in [6, 6.07) is 0. The van der Waals surface area contributed by atoms with E-state index in [1.54, 1.807) is 4.90 Å². The van der Waals surface area contributed by atoms with Crippen molar-refractivity contribution >= 4 is 17.0 Å². The van der Waals surface area contributed by atoms with Gasteiger partial charge in [-0.3, -0.25) is 4.57 Å². The zero-order valence-corrected chi connectivity index (χ0v) is 13.4. The fourth-order valence-electron chi connectivity index (χ4n) is 3.21. The molecule has 2 aromatic rings. The summed E-state index contributed by atoms with van der Waals surface area (Å²) in [6.45, 7) is -2.77. The molecule has 2 aliphatic rings. The highest BCUT2D eigenvalue weighted by molar-refractivity contribution is 5.83. The molecule has 2 fully saturated rings. The topological polar surface area (TPSA) is 126 Å². The Morgan fingerprint density at radius 1 is 1.23 bits per heavy atom. The maximum absolute atomic E-state index is 12.2. The van der Waals surface area contributed by atoms with Crippen molar-refractivity contribution in [2.45, 2.75) is 37.3 Å². The number of hydrogen-bond acceptors (Lipinski definition) is 9. The Morgan fingerprint density at radius 3 is 2.65 bits per heavy atom. The van der Waals surface area contributed by atoms with E-state index in [0.717, 1.165) is 0 Å². The average molecular weight is 373 g/mol. The lowest BCUT2D eigenvalue weighted by Crippen LogP contribution is -2.53. The summed E-state index contributed by atoms with van der Waals surface area (Å²) < 4.78 is 35.8. The van der Waals surface area contributed by atoms with Crippen LogP contribution >= 0.6 is 0 Å². The molecule has 2 saturated heterocycles. The van der Waals surface area contributed by atoms with Crippen LogP contribution in [0.25, 0.3) is 11.2 Å². The lowest BCUT2D eigenvalue weighted by molar-refractivity contribution is -0.167. The highest BCUT2D eigenvalue weighted by atomic mass is 19.3. The standard InChI is InChI=1S/C14H17F2N5O5/c15-14(16)25-6-1-20(2-6)11-8-12(18-4-17-11)21(5-19-8)13-10(24)9(23)7(3-22)26-13/h4-7,9-10,13-14,22-24H,1-3H2/t7-,9-,10-,13-/m1/s1. The van der Waals surface area contributed by atoms with Gasteiger partial charge < -0.3 is 29.7 Å². The summed E-state index contributed by atoms with van der Waals surface area (Å²) in [5.41, 5.74) is 0.754. The van der Waals surface area contributed by atoms with Crippen LogP contribution in [0.5, 0.6) is 0 Å². The quantitative estimate of drug-likeness (QED) is 0.596. The maximum Gasteiger partial charge on any atom is 0.345 e. The van der Waals surface area contributed by atoms with Crippen molar-refractivity contribution in [1.29, 1.82) is 0 Å². The maximum atomic E-state index is 12.2. The number of fused-ring (bicyclic) bond motifs is 1. The van der Waals surface area contributed by atoms with Gasteiger partial charge in [-0.25, -0.2) is 15.0 Å². The van der Waals surface area contributed by atoms with E-state index in [2.05, 4.69) is 19.7 Å². The Kier molecular flexibility index (Phi) is 4.44. The third-order valence-electron chi connectivity index (χ3n) is 4.57. The van der Waals surface area contributed by atoms with Crippen LogP contribution in [0, 0.1) is 0 Å². The molecule has 0 aromatic carbocycles. The van der Waals surface area contributed by atoms with Gasteiger partial charge in [0.15, 0.2) is 23.2 Å². The lowest BCUT2D eigenvalue weighted by Gasteiger charge is -2.39. The van der Waals surface area contributed by atoms with E-state index in [1.807, 2.05) is 0 Å². The highest BCUT2D eigenvalue weighted by Gasteiger charge is 2.44. The van der Waals surface area contributed by atoms with Crippen molar-refractivity contribution in [2.24, 2.45) is 0 Å². The van der Waals surface area contributed by atoms with Crippen molar-refractivity contribution in [3.8, 4) is 0 Å². The zero-order valence-electron chi connectivity index (χ0n) is 13.4. The van der Waals surface area contributed by atoms with Crippen molar-refractivity contribution in [1.82, 2.24) is 19.5 Å². The molecule has 4 heterocycles. The first-order valence-electron chi connectivity index (χ1n) is 7.98. The molecular formula is C14H17F2N5O5. The van der Waals surface area contributed by atoms with E-state index in [0.29, 0.717) is 17.0 Å². The molecule has 12 heteroatoms. The van der Waals surface area contributed by atoms with Crippen LogP contribution in [-0.2, 0) is 9.47 Å². The smallest absolute Gasteiger partial charge is 0.345 e. The molecule has 0 unspecified atom stereocenters. The van der Waals surface area contributed by atoms with E-state index in [4.69, 9.17) is 4.74 Å². The van der Waals surface area contributed by atoms with Gasteiger partial charge in [-0.1, -0.05) is 0 Å². The van der Waals surface area contributed by atoms with Gasteiger partial charge in [0.25, 0.3) is 0 Å². The number of imidazole rings is 1. The fourth-order valence-corrected chi connectivity index (χ4v) is 3.21. The molecular weight excluding hydrogens is 356 g/mol. The summed E-state index contributed by atoms with van der Waals surface area (Å²) in [5, 5.41) is 29.3. The summed E-state index contributed by atoms with van der Waals surface area (Å²) >= 11 is 0. The second kappa shape index (κ2) is 6.63. The van der Waals surface area contributed by atoms with Gasteiger partial charge in [0, 0.05) is 13.1 Å². The van der Waals surface area contributed by atoms with Crippen molar-refractivity contribution in [2.75, 3.05) is 24.6 Å². The molecule has 4 atom stereocenters. The molecule has 2 aliphatic heterocycles. The molecule has 0 amide bonds. The Hall–Kier alpha value is -1.99. The molecule has 3 N–H and O–H groups in total. The number of anilines is 1. The predicted octanol–water partition coefficient (Wildman–Crippen LogP) is -1.13. The number of ether oxygens (including phenoxy) is 2. The molecule has 142 valence electrons. The molecule has 0 aliphatic carbocycles. The van der Waals surface area contributed by atoms with Crippen LogP contribution in [0.15, 0.2) is 12.7 Å². The number of aromatic nitrogens is 4. The normalized spacial score (nSPS) is 29.7.